The number of carbonyl (C=O) groups excluding carboxylic acids is 2. The van der Waals surface area contributed by atoms with Crippen LogP contribution in [-0.4, -0.2) is 59.8 Å². The second kappa shape index (κ2) is 5.46. The van der Waals surface area contributed by atoms with Gasteiger partial charge in [0, 0.05) is 25.2 Å². The first kappa shape index (κ1) is 14.6. The van der Waals surface area contributed by atoms with E-state index in [1.54, 1.807) is 4.90 Å². The van der Waals surface area contributed by atoms with E-state index >= 15 is 0 Å². The van der Waals surface area contributed by atoms with Gasteiger partial charge in [0.05, 0.1) is 12.5 Å². The minimum atomic E-state index is -0.953. The number of ether oxygens (including phenoxy) is 1. The minimum Gasteiger partial charge on any atom is -0.449 e. The van der Waals surface area contributed by atoms with E-state index in [-0.39, 0.29) is 24.1 Å². The summed E-state index contributed by atoms with van der Waals surface area (Å²) in [6, 6.07) is 0.0753. The lowest BCUT2D eigenvalue weighted by molar-refractivity contribution is -0.138. The lowest BCUT2D eigenvalue weighted by Crippen LogP contribution is -2.57. The van der Waals surface area contributed by atoms with Crippen LogP contribution in [0.3, 0.4) is 0 Å². The van der Waals surface area contributed by atoms with E-state index in [9.17, 15) is 14.0 Å². The number of halogens is 1. The van der Waals surface area contributed by atoms with Crippen LogP contribution < -0.4 is 0 Å². The van der Waals surface area contributed by atoms with Gasteiger partial charge in [-0.3, -0.25) is 4.79 Å². The number of carbonyl (C=O) groups is 2. The molecule has 0 aromatic rings. The molecule has 0 aromatic carbocycles. The van der Waals surface area contributed by atoms with Crippen molar-refractivity contribution in [3.05, 3.63) is 0 Å². The molecule has 3 rings (SSSR count). The van der Waals surface area contributed by atoms with E-state index < -0.39 is 12.1 Å². The Labute approximate surface area is 124 Å². The maximum Gasteiger partial charge on any atom is 0.409 e. The molecule has 6 heteroatoms. The monoisotopic (exact) mass is 298 g/mol. The largest absolute Gasteiger partial charge is 0.449 e. The molecule has 3 aliphatic rings. The summed E-state index contributed by atoms with van der Waals surface area (Å²) in [4.78, 5) is 27.9. The molecule has 2 heterocycles. The smallest absolute Gasteiger partial charge is 0.409 e. The van der Waals surface area contributed by atoms with Crippen molar-refractivity contribution in [3.8, 4) is 0 Å². The normalized spacial score (nSPS) is 34.3. The summed E-state index contributed by atoms with van der Waals surface area (Å²) in [6.45, 7) is 5.44. The van der Waals surface area contributed by atoms with Crippen molar-refractivity contribution < 1.29 is 18.7 Å². The average Bonchev–Trinajstić information content (AvgIpc) is 3.11. The van der Waals surface area contributed by atoms with Crippen LogP contribution in [0, 0.1) is 11.8 Å². The summed E-state index contributed by atoms with van der Waals surface area (Å²) in [5.41, 5.74) is 0. The molecule has 2 amide bonds. The highest BCUT2D eigenvalue weighted by molar-refractivity contribution is 5.83. The molecule has 0 N–H and O–H groups in total. The minimum absolute atomic E-state index is 0.0376. The number of fused-ring (bicyclic) bond motifs is 2. The molecule has 3 fully saturated rings. The molecular weight excluding hydrogens is 275 g/mol. The summed E-state index contributed by atoms with van der Waals surface area (Å²) in [7, 11) is 0. The fourth-order valence-corrected chi connectivity index (χ4v) is 3.35. The topological polar surface area (TPSA) is 49.9 Å². The van der Waals surface area contributed by atoms with Gasteiger partial charge in [-0.2, -0.15) is 0 Å². The molecule has 0 spiro atoms. The number of rotatable bonds is 3. The molecule has 1 aliphatic carbocycles. The Kier molecular flexibility index (Phi) is 3.80. The summed E-state index contributed by atoms with van der Waals surface area (Å²) >= 11 is 0. The zero-order valence-electron chi connectivity index (χ0n) is 12.6. The molecule has 2 aliphatic heterocycles. The van der Waals surface area contributed by atoms with Crippen LogP contribution in [0.1, 0.15) is 33.1 Å². The number of alkyl halides is 1. The maximum absolute atomic E-state index is 13.1. The fraction of sp³-hybridized carbons (Fsp3) is 0.867. The summed E-state index contributed by atoms with van der Waals surface area (Å²) in [5.74, 6) is -0.164. The lowest BCUT2D eigenvalue weighted by Gasteiger charge is -2.40. The maximum atomic E-state index is 13.1. The molecular formula is C15H23FN2O3. The standard InChI is InChI=1S/C15H23FN2O3/c1-9(2)8-21-15(20)17-6-10-3-4-11(7-17)18(10)14(19)12-5-13(12)16/h9-13H,3-8H2,1-2H3/t10?,11?,12-,13-/m1/s1. The van der Waals surface area contributed by atoms with Gasteiger partial charge in [-0.15, -0.1) is 0 Å². The number of hydrogen-bond donors (Lipinski definition) is 0. The van der Waals surface area contributed by atoms with Gasteiger partial charge in [0.25, 0.3) is 0 Å². The molecule has 4 atom stereocenters. The van der Waals surface area contributed by atoms with Gasteiger partial charge in [0.1, 0.15) is 6.17 Å². The van der Waals surface area contributed by atoms with Gasteiger partial charge >= 0.3 is 6.09 Å². The Hall–Kier alpha value is -1.33. The summed E-state index contributed by atoms with van der Waals surface area (Å²) in [6.07, 6.45) is 0.921. The molecule has 1 saturated carbocycles. The molecule has 5 nitrogen and oxygen atoms in total. The van der Waals surface area contributed by atoms with Crippen molar-refractivity contribution in [3.63, 3.8) is 0 Å². The highest BCUT2D eigenvalue weighted by Gasteiger charge is 2.52. The first-order valence-corrected chi connectivity index (χ1v) is 7.85. The predicted molar refractivity (Wildman–Crippen MR) is 74.4 cm³/mol. The first-order chi connectivity index (χ1) is 9.97. The van der Waals surface area contributed by atoms with Crippen LogP contribution in [0.25, 0.3) is 0 Å². The third-order valence-corrected chi connectivity index (χ3v) is 4.56. The Bertz CT molecular complexity index is 429. The van der Waals surface area contributed by atoms with Crippen molar-refractivity contribution in [2.24, 2.45) is 11.8 Å². The zero-order chi connectivity index (χ0) is 15.1. The predicted octanol–water partition coefficient (Wildman–Crippen LogP) is 1.81. The van der Waals surface area contributed by atoms with E-state index in [2.05, 4.69) is 0 Å². The second-order valence-electron chi connectivity index (χ2n) is 6.86. The van der Waals surface area contributed by atoms with Crippen LogP contribution >= 0.6 is 0 Å². The highest BCUT2D eigenvalue weighted by Crippen LogP contribution is 2.40. The fourth-order valence-electron chi connectivity index (χ4n) is 3.35. The third kappa shape index (κ3) is 2.85. The van der Waals surface area contributed by atoms with Crippen molar-refractivity contribution in [1.29, 1.82) is 0 Å². The van der Waals surface area contributed by atoms with E-state index in [4.69, 9.17) is 4.74 Å². The van der Waals surface area contributed by atoms with E-state index in [1.807, 2.05) is 18.7 Å². The molecule has 0 aromatic heterocycles. The van der Waals surface area contributed by atoms with Crippen molar-refractivity contribution in [2.45, 2.75) is 51.4 Å². The van der Waals surface area contributed by atoms with Gasteiger partial charge in [-0.05, 0) is 25.2 Å². The van der Waals surface area contributed by atoms with Crippen molar-refractivity contribution >= 4 is 12.0 Å². The summed E-state index contributed by atoms with van der Waals surface area (Å²) < 4.78 is 18.4. The highest BCUT2D eigenvalue weighted by atomic mass is 19.1. The lowest BCUT2D eigenvalue weighted by atomic mass is 10.1. The van der Waals surface area contributed by atoms with Crippen molar-refractivity contribution in [2.75, 3.05) is 19.7 Å². The Morgan fingerprint density at radius 2 is 1.81 bits per heavy atom. The van der Waals surface area contributed by atoms with Crippen LogP contribution in [0.15, 0.2) is 0 Å². The number of nitrogens with zero attached hydrogens (tertiary/aromatic N) is 2. The first-order valence-electron chi connectivity index (χ1n) is 7.85. The molecule has 0 radical (unpaired) electrons. The van der Waals surface area contributed by atoms with Crippen LogP contribution in [0.4, 0.5) is 9.18 Å². The number of amides is 2. The van der Waals surface area contributed by atoms with Crippen LogP contribution in [-0.2, 0) is 9.53 Å². The molecule has 2 saturated heterocycles. The second-order valence-corrected chi connectivity index (χ2v) is 6.86. The van der Waals surface area contributed by atoms with Crippen LogP contribution in [0.5, 0.6) is 0 Å². The average molecular weight is 298 g/mol. The van der Waals surface area contributed by atoms with Crippen molar-refractivity contribution in [1.82, 2.24) is 9.80 Å². The van der Waals surface area contributed by atoms with Gasteiger partial charge in [0.15, 0.2) is 0 Å². The van der Waals surface area contributed by atoms with E-state index in [1.165, 1.54) is 0 Å². The Morgan fingerprint density at radius 3 is 2.29 bits per heavy atom. The molecule has 2 unspecified atom stereocenters. The van der Waals surface area contributed by atoms with Gasteiger partial charge in [0.2, 0.25) is 5.91 Å². The number of piperazine rings is 1. The molecule has 2 bridgehead atoms. The SMILES string of the molecule is CC(C)COC(=O)N1CC2CCC(C1)N2C(=O)[C@@H]1C[C@H]1F. The quantitative estimate of drug-likeness (QED) is 0.798. The van der Waals surface area contributed by atoms with Gasteiger partial charge in [-0.25, -0.2) is 9.18 Å². The Morgan fingerprint density at radius 1 is 1.24 bits per heavy atom. The van der Waals surface area contributed by atoms with Crippen LogP contribution in [0.2, 0.25) is 0 Å². The van der Waals surface area contributed by atoms with E-state index in [0.29, 0.717) is 32.0 Å². The number of hydrogen-bond acceptors (Lipinski definition) is 3. The van der Waals surface area contributed by atoms with Gasteiger partial charge in [-0.1, -0.05) is 13.8 Å². The Balaban J connectivity index is 1.58. The molecule has 118 valence electrons. The third-order valence-electron chi connectivity index (χ3n) is 4.56. The van der Waals surface area contributed by atoms with Gasteiger partial charge < -0.3 is 14.5 Å². The summed E-state index contributed by atoms with van der Waals surface area (Å²) in [5, 5.41) is 0. The van der Waals surface area contributed by atoms with E-state index in [0.717, 1.165) is 12.8 Å². The zero-order valence-corrected chi connectivity index (χ0v) is 12.6. The number of likely N-dealkylation sites (tertiary alicyclic amines) is 1. The molecule has 21 heavy (non-hydrogen) atoms.